The van der Waals surface area contributed by atoms with Gasteiger partial charge < -0.3 is 10.0 Å². The molecular formula is C14H19NO3. The van der Waals surface area contributed by atoms with Gasteiger partial charge in [0, 0.05) is 5.56 Å². The van der Waals surface area contributed by atoms with E-state index in [-0.39, 0.29) is 5.56 Å². The number of carbonyl (C=O) groups is 2. The molecule has 1 aliphatic heterocycles. The summed E-state index contributed by atoms with van der Waals surface area (Å²) < 4.78 is 0. The van der Waals surface area contributed by atoms with Crippen molar-refractivity contribution in [2.45, 2.75) is 19.3 Å². The number of rotatable bonds is 2. The van der Waals surface area contributed by atoms with Gasteiger partial charge in [0.05, 0.1) is 5.56 Å². The van der Waals surface area contributed by atoms with E-state index < -0.39 is 5.97 Å². The summed E-state index contributed by atoms with van der Waals surface area (Å²) >= 11 is 0. The van der Waals surface area contributed by atoms with E-state index in [1.165, 1.54) is 50.6 Å². The van der Waals surface area contributed by atoms with E-state index in [2.05, 4.69) is 11.9 Å². The van der Waals surface area contributed by atoms with Crippen molar-refractivity contribution < 1.29 is 14.7 Å². The van der Waals surface area contributed by atoms with Crippen molar-refractivity contribution in [1.82, 2.24) is 4.90 Å². The third-order valence-electron chi connectivity index (χ3n) is 2.85. The Kier molecular flexibility index (Phi) is 6.08. The predicted molar refractivity (Wildman–Crippen MR) is 70.1 cm³/mol. The number of hydrogen-bond donors (Lipinski definition) is 1. The number of carbonyl (C=O) groups excluding carboxylic acids is 1. The van der Waals surface area contributed by atoms with Crippen LogP contribution in [0.2, 0.25) is 0 Å². The van der Waals surface area contributed by atoms with Gasteiger partial charge in [-0.1, -0.05) is 18.6 Å². The summed E-state index contributed by atoms with van der Waals surface area (Å²) in [6.07, 6.45) is 4.89. The summed E-state index contributed by atoms with van der Waals surface area (Å²) in [5, 5.41) is 8.49. The van der Waals surface area contributed by atoms with Gasteiger partial charge in [-0.3, -0.25) is 4.79 Å². The molecule has 1 aliphatic rings. The lowest BCUT2D eigenvalue weighted by molar-refractivity contribution is 0.0697. The standard InChI is InChI=1S/C8H6O3.C6H13N/c9-5-6-2-1-3-7(4-6)8(10)11;1-7-5-3-2-4-6-7/h1-5H,(H,10,11);2-6H2,1H3. The second-order valence-electron chi connectivity index (χ2n) is 4.41. The summed E-state index contributed by atoms with van der Waals surface area (Å²) in [5.74, 6) is -1.02. The maximum atomic E-state index is 10.4. The molecule has 0 bridgehead atoms. The molecule has 0 unspecified atom stereocenters. The van der Waals surface area contributed by atoms with Crippen LogP contribution in [0.4, 0.5) is 0 Å². The molecule has 2 rings (SSSR count). The first-order valence-corrected chi connectivity index (χ1v) is 6.10. The average molecular weight is 249 g/mol. The van der Waals surface area contributed by atoms with E-state index in [0.29, 0.717) is 11.8 Å². The SMILES string of the molecule is CN1CCCCC1.O=Cc1cccc(C(=O)O)c1. The van der Waals surface area contributed by atoms with E-state index in [1.54, 1.807) is 6.07 Å². The van der Waals surface area contributed by atoms with Crippen LogP contribution in [0.1, 0.15) is 40.0 Å². The Bertz CT molecular complexity index is 398. The largest absolute Gasteiger partial charge is 0.478 e. The quantitative estimate of drug-likeness (QED) is 0.817. The minimum absolute atomic E-state index is 0.134. The van der Waals surface area contributed by atoms with Gasteiger partial charge in [0.2, 0.25) is 0 Å². The van der Waals surface area contributed by atoms with Crippen LogP contribution in [0, 0.1) is 0 Å². The number of nitrogens with zero attached hydrogens (tertiary/aromatic N) is 1. The lowest BCUT2D eigenvalue weighted by Crippen LogP contribution is -2.24. The molecule has 0 saturated carbocycles. The van der Waals surface area contributed by atoms with Crippen molar-refractivity contribution >= 4 is 12.3 Å². The first-order chi connectivity index (χ1) is 8.63. The van der Waals surface area contributed by atoms with Gasteiger partial charge in [-0.2, -0.15) is 0 Å². The normalized spacial score (nSPS) is 15.4. The minimum atomic E-state index is -1.02. The molecule has 1 aromatic carbocycles. The van der Waals surface area contributed by atoms with Crippen LogP contribution < -0.4 is 0 Å². The van der Waals surface area contributed by atoms with Gasteiger partial charge in [0.1, 0.15) is 6.29 Å². The van der Waals surface area contributed by atoms with Crippen LogP contribution in [0.15, 0.2) is 24.3 Å². The first kappa shape index (κ1) is 14.4. The van der Waals surface area contributed by atoms with Gasteiger partial charge in [-0.05, 0) is 45.1 Å². The first-order valence-electron chi connectivity index (χ1n) is 6.10. The molecule has 4 nitrogen and oxygen atoms in total. The van der Waals surface area contributed by atoms with Gasteiger partial charge in [0.15, 0.2) is 0 Å². The number of likely N-dealkylation sites (tertiary alicyclic amines) is 1. The molecule has 0 aliphatic carbocycles. The number of carboxylic acids is 1. The highest BCUT2D eigenvalue weighted by Crippen LogP contribution is 2.04. The van der Waals surface area contributed by atoms with Gasteiger partial charge in [-0.25, -0.2) is 4.79 Å². The molecule has 0 spiro atoms. The fourth-order valence-electron chi connectivity index (χ4n) is 1.80. The molecule has 1 fully saturated rings. The maximum Gasteiger partial charge on any atom is 0.335 e. The van der Waals surface area contributed by atoms with E-state index in [0.717, 1.165) is 0 Å². The minimum Gasteiger partial charge on any atom is -0.478 e. The molecule has 1 saturated heterocycles. The van der Waals surface area contributed by atoms with Gasteiger partial charge in [-0.15, -0.1) is 0 Å². The predicted octanol–water partition coefficient (Wildman–Crippen LogP) is 2.30. The van der Waals surface area contributed by atoms with Crippen LogP contribution in [0.25, 0.3) is 0 Å². The fraction of sp³-hybridized carbons (Fsp3) is 0.429. The summed E-state index contributed by atoms with van der Waals surface area (Å²) in [6, 6.07) is 5.86. The van der Waals surface area contributed by atoms with Crippen LogP contribution in [0.3, 0.4) is 0 Å². The molecule has 0 aromatic heterocycles. The number of hydrogen-bond acceptors (Lipinski definition) is 3. The highest BCUT2D eigenvalue weighted by Gasteiger charge is 2.02. The lowest BCUT2D eigenvalue weighted by atomic mass is 10.1. The highest BCUT2D eigenvalue weighted by atomic mass is 16.4. The molecule has 1 N–H and O–H groups in total. The molecule has 98 valence electrons. The summed E-state index contributed by atoms with van der Waals surface area (Å²) in [5.41, 5.74) is 0.513. The Hall–Kier alpha value is -1.68. The second kappa shape index (κ2) is 7.61. The van der Waals surface area contributed by atoms with Crippen molar-refractivity contribution in [1.29, 1.82) is 0 Å². The molecule has 0 radical (unpaired) electrons. The van der Waals surface area contributed by atoms with E-state index >= 15 is 0 Å². The van der Waals surface area contributed by atoms with Crippen molar-refractivity contribution in [3.8, 4) is 0 Å². The molecule has 0 atom stereocenters. The van der Waals surface area contributed by atoms with Crippen LogP contribution >= 0.6 is 0 Å². The van der Waals surface area contributed by atoms with E-state index in [1.807, 2.05) is 0 Å². The Labute approximate surface area is 107 Å². The van der Waals surface area contributed by atoms with Crippen molar-refractivity contribution in [3.05, 3.63) is 35.4 Å². The summed E-state index contributed by atoms with van der Waals surface area (Å²) in [4.78, 5) is 22.9. The Morgan fingerprint density at radius 2 is 1.94 bits per heavy atom. The lowest BCUT2D eigenvalue weighted by Gasteiger charge is -2.20. The molecular weight excluding hydrogens is 230 g/mol. The third-order valence-corrected chi connectivity index (χ3v) is 2.85. The zero-order chi connectivity index (χ0) is 13.4. The number of aromatic carboxylic acids is 1. The summed E-state index contributed by atoms with van der Waals surface area (Å²) in [6.45, 7) is 2.64. The summed E-state index contributed by atoms with van der Waals surface area (Å²) in [7, 11) is 2.19. The van der Waals surface area contributed by atoms with Crippen molar-refractivity contribution in [2.24, 2.45) is 0 Å². The zero-order valence-electron chi connectivity index (χ0n) is 10.6. The number of benzene rings is 1. The highest BCUT2D eigenvalue weighted by molar-refractivity contribution is 5.90. The monoisotopic (exact) mass is 249 g/mol. The number of aldehydes is 1. The molecule has 1 aromatic rings. The number of piperidine rings is 1. The number of carboxylic acid groups (broad SMARTS) is 1. The van der Waals surface area contributed by atoms with Gasteiger partial charge in [0.25, 0.3) is 0 Å². The maximum absolute atomic E-state index is 10.4. The van der Waals surface area contributed by atoms with Crippen LogP contribution in [-0.4, -0.2) is 42.4 Å². The van der Waals surface area contributed by atoms with Crippen LogP contribution in [-0.2, 0) is 0 Å². The Morgan fingerprint density at radius 1 is 1.28 bits per heavy atom. The molecule has 1 heterocycles. The average Bonchev–Trinajstić information content (AvgIpc) is 2.40. The van der Waals surface area contributed by atoms with E-state index in [4.69, 9.17) is 5.11 Å². The Morgan fingerprint density at radius 3 is 2.39 bits per heavy atom. The topological polar surface area (TPSA) is 57.6 Å². The van der Waals surface area contributed by atoms with Gasteiger partial charge >= 0.3 is 5.97 Å². The van der Waals surface area contributed by atoms with Crippen molar-refractivity contribution in [3.63, 3.8) is 0 Å². The fourth-order valence-corrected chi connectivity index (χ4v) is 1.80. The second-order valence-corrected chi connectivity index (χ2v) is 4.41. The Balaban J connectivity index is 0.000000199. The van der Waals surface area contributed by atoms with Crippen molar-refractivity contribution in [2.75, 3.05) is 20.1 Å². The molecule has 4 heteroatoms. The van der Waals surface area contributed by atoms with Crippen LogP contribution in [0.5, 0.6) is 0 Å². The zero-order valence-corrected chi connectivity index (χ0v) is 10.6. The molecule has 18 heavy (non-hydrogen) atoms. The molecule has 0 amide bonds. The van der Waals surface area contributed by atoms with E-state index in [9.17, 15) is 9.59 Å². The third kappa shape index (κ3) is 5.10. The smallest absolute Gasteiger partial charge is 0.335 e.